The van der Waals surface area contributed by atoms with Crippen LogP contribution in [0.2, 0.25) is 0 Å². The van der Waals surface area contributed by atoms with E-state index in [2.05, 4.69) is 19.1 Å². The quantitative estimate of drug-likeness (QED) is 0.0379. The van der Waals surface area contributed by atoms with Crippen molar-refractivity contribution in [3.8, 4) is 40.2 Å². The van der Waals surface area contributed by atoms with E-state index in [1.54, 1.807) is 30.3 Å². The SMILES string of the molecule is CCCCCCCC/C=C\CCCCCCCC(=O)Oc1cc(O)c2c(c1)O[C@H](c1ccc3c(c1)OC(c1ccc(O)c(OC)c1)C(CO)O3)[C@@H](O)C2=O. The Morgan fingerprint density at radius 1 is 0.741 bits per heavy atom. The first-order valence-corrected chi connectivity index (χ1v) is 19.3. The molecule has 2 unspecified atom stereocenters. The van der Waals surface area contributed by atoms with Crippen LogP contribution in [-0.4, -0.2) is 58.1 Å². The molecule has 0 fully saturated rings. The lowest BCUT2D eigenvalue weighted by atomic mass is 9.92. The van der Waals surface area contributed by atoms with Crippen molar-refractivity contribution in [2.24, 2.45) is 0 Å². The standard InChI is InChI=1S/C43H54O11/c1-3-4-5-6-7-8-9-10-11-12-13-14-15-16-17-18-38(47)51-30-25-32(46)39-36(26-30)54-43(41(49)40(39)48)29-20-22-33-35(24-29)53-42(37(27-44)52-33)28-19-21-31(45)34(23-28)50-2/h10-11,19-26,37,41-46,49H,3-9,12-18,27H2,1-2H3/b11-10-/t37?,41-,42?,43+/m0/s1. The molecule has 0 spiro atoms. The van der Waals surface area contributed by atoms with Crippen LogP contribution < -0.4 is 23.7 Å². The van der Waals surface area contributed by atoms with Gasteiger partial charge < -0.3 is 44.1 Å². The molecule has 3 aromatic rings. The third kappa shape index (κ3) is 10.5. The number of hydrogen-bond donors (Lipinski definition) is 4. The van der Waals surface area contributed by atoms with Crippen LogP contribution in [0.4, 0.5) is 0 Å². The van der Waals surface area contributed by atoms with E-state index < -0.39 is 41.9 Å². The van der Waals surface area contributed by atoms with Crippen molar-refractivity contribution in [3.05, 3.63) is 77.4 Å². The van der Waals surface area contributed by atoms with E-state index in [0.717, 1.165) is 38.5 Å². The number of phenolic OH excluding ortho intramolecular Hbond substituents is 2. The average Bonchev–Trinajstić information content (AvgIpc) is 3.17. The number of esters is 1. The summed E-state index contributed by atoms with van der Waals surface area (Å²) in [5, 5.41) is 41.8. The van der Waals surface area contributed by atoms with Crippen molar-refractivity contribution in [2.75, 3.05) is 13.7 Å². The first kappa shape index (κ1) is 40.4. The molecular weight excluding hydrogens is 692 g/mol. The van der Waals surface area contributed by atoms with Gasteiger partial charge in [0.25, 0.3) is 0 Å². The van der Waals surface area contributed by atoms with Crippen LogP contribution in [0.1, 0.15) is 131 Å². The zero-order valence-electron chi connectivity index (χ0n) is 31.3. The Labute approximate surface area is 317 Å². The van der Waals surface area contributed by atoms with E-state index in [9.17, 15) is 30.0 Å². The second kappa shape index (κ2) is 20.1. The van der Waals surface area contributed by atoms with Gasteiger partial charge in [-0.3, -0.25) is 9.59 Å². The summed E-state index contributed by atoms with van der Waals surface area (Å²) in [5.41, 5.74) is 0.743. The number of carbonyl (C=O) groups is 2. The number of unbranched alkanes of at least 4 members (excludes halogenated alkanes) is 11. The fourth-order valence-corrected chi connectivity index (χ4v) is 6.85. The highest BCUT2D eigenvalue weighted by Crippen LogP contribution is 2.46. The summed E-state index contributed by atoms with van der Waals surface area (Å²) in [4.78, 5) is 26.0. The molecular formula is C43H54O11. The van der Waals surface area contributed by atoms with Gasteiger partial charge in [0.1, 0.15) is 22.8 Å². The van der Waals surface area contributed by atoms with Crippen molar-refractivity contribution in [3.63, 3.8) is 0 Å². The van der Waals surface area contributed by atoms with Gasteiger partial charge in [-0.1, -0.05) is 82.6 Å². The van der Waals surface area contributed by atoms with Crippen LogP contribution in [0, 0.1) is 0 Å². The van der Waals surface area contributed by atoms with Crippen molar-refractivity contribution >= 4 is 11.8 Å². The number of ketones is 1. The fourth-order valence-electron chi connectivity index (χ4n) is 6.85. The van der Waals surface area contributed by atoms with Crippen molar-refractivity contribution in [1.82, 2.24) is 0 Å². The molecule has 3 aromatic carbocycles. The molecule has 0 aliphatic carbocycles. The lowest BCUT2D eigenvalue weighted by molar-refractivity contribution is -0.134. The van der Waals surface area contributed by atoms with E-state index in [4.69, 9.17) is 23.7 Å². The lowest BCUT2D eigenvalue weighted by Gasteiger charge is -2.35. The number of aliphatic hydroxyl groups excluding tert-OH is 2. The van der Waals surface area contributed by atoms with E-state index in [1.165, 1.54) is 63.8 Å². The minimum Gasteiger partial charge on any atom is -0.507 e. The second-order valence-electron chi connectivity index (χ2n) is 14.0. The molecule has 2 heterocycles. The summed E-state index contributed by atoms with van der Waals surface area (Å²) in [6.45, 7) is 1.88. The fraction of sp³-hybridized carbons (Fsp3) is 0.488. The number of methoxy groups -OCH3 is 1. The van der Waals surface area contributed by atoms with E-state index in [1.807, 2.05) is 0 Å². The maximum absolute atomic E-state index is 13.3. The zero-order valence-corrected chi connectivity index (χ0v) is 31.3. The predicted octanol–water partition coefficient (Wildman–Crippen LogP) is 8.60. The molecule has 0 radical (unpaired) electrons. The number of allylic oxidation sites excluding steroid dienone is 2. The number of hydrogen-bond acceptors (Lipinski definition) is 11. The minimum absolute atomic E-state index is 0.0244. The van der Waals surface area contributed by atoms with Crippen molar-refractivity contribution in [2.45, 2.75) is 121 Å². The highest BCUT2D eigenvalue weighted by Gasteiger charge is 2.41. The molecule has 5 rings (SSSR count). The first-order chi connectivity index (χ1) is 26.2. The third-order valence-corrected chi connectivity index (χ3v) is 9.86. The van der Waals surface area contributed by atoms with Gasteiger partial charge in [0.15, 0.2) is 47.4 Å². The van der Waals surface area contributed by atoms with Crippen molar-refractivity contribution in [1.29, 1.82) is 0 Å². The Morgan fingerprint density at radius 3 is 2.09 bits per heavy atom. The number of benzene rings is 3. The molecule has 11 nitrogen and oxygen atoms in total. The number of carbonyl (C=O) groups excluding carboxylic acids is 2. The van der Waals surface area contributed by atoms with Crippen LogP contribution in [-0.2, 0) is 4.79 Å². The molecule has 0 aromatic heterocycles. The van der Waals surface area contributed by atoms with E-state index in [-0.39, 0.29) is 47.3 Å². The van der Waals surface area contributed by atoms with Gasteiger partial charge in [-0.2, -0.15) is 0 Å². The first-order valence-electron chi connectivity index (χ1n) is 19.3. The molecule has 2 aliphatic rings. The molecule has 54 heavy (non-hydrogen) atoms. The zero-order chi connectivity index (χ0) is 38.5. The average molecular weight is 747 g/mol. The molecule has 0 bridgehead atoms. The molecule has 0 amide bonds. The molecule has 292 valence electrons. The number of aromatic hydroxyl groups is 2. The molecule has 0 saturated heterocycles. The maximum atomic E-state index is 13.3. The number of Topliss-reactive ketones (excluding diaryl/α,β-unsaturated/α-hetero) is 1. The number of aliphatic hydroxyl groups is 2. The third-order valence-electron chi connectivity index (χ3n) is 9.86. The number of ether oxygens (including phenoxy) is 5. The Balaban J connectivity index is 1.13. The minimum atomic E-state index is -1.66. The Bertz CT molecular complexity index is 1730. The number of fused-ring (bicyclic) bond motifs is 2. The van der Waals surface area contributed by atoms with Crippen molar-refractivity contribution < 1.29 is 53.7 Å². The normalized spacial score (nSPS) is 19.0. The Hall–Kier alpha value is -4.74. The molecule has 2 aliphatic heterocycles. The lowest BCUT2D eigenvalue weighted by Crippen LogP contribution is -2.37. The van der Waals surface area contributed by atoms with Crippen LogP contribution in [0.15, 0.2) is 60.7 Å². The highest BCUT2D eigenvalue weighted by atomic mass is 16.6. The van der Waals surface area contributed by atoms with Gasteiger partial charge in [0, 0.05) is 24.1 Å². The monoisotopic (exact) mass is 746 g/mol. The van der Waals surface area contributed by atoms with Gasteiger partial charge in [-0.15, -0.1) is 0 Å². The second-order valence-corrected chi connectivity index (χ2v) is 14.0. The molecule has 4 atom stereocenters. The predicted molar refractivity (Wildman–Crippen MR) is 203 cm³/mol. The smallest absolute Gasteiger partial charge is 0.311 e. The molecule has 4 N–H and O–H groups in total. The largest absolute Gasteiger partial charge is 0.507 e. The van der Waals surface area contributed by atoms with Gasteiger partial charge in [0.2, 0.25) is 5.78 Å². The van der Waals surface area contributed by atoms with Crippen LogP contribution in [0.3, 0.4) is 0 Å². The summed E-state index contributed by atoms with van der Waals surface area (Å²) in [6.07, 6.45) is 15.4. The van der Waals surface area contributed by atoms with Gasteiger partial charge in [0.05, 0.1) is 13.7 Å². The maximum Gasteiger partial charge on any atom is 0.311 e. The summed E-state index contributed by atoms with van der Waals surface area (Å²) in [5.74, 6) is -0.937. The topological polar surface area (TPSA) is 161 Å². The van der Waals surface area contributed by atoms with Gasteiger partial charge >= 0.3 is 5.97 Å². The number of rotatable bonds is 20. The summed E-state index contributed by atoms with van der Waals surface area (Å²) in [6, 6.07) is 12.0. The highest BCUT2D eigenvalue weighted by molar-refractivity contribution is 6.05. The van der Waals surface area contributed by atoms with Crippen LogP contribution >= 0.6 is 0 Å². The number of phenols is 2. The van der Waals surface area contributed by atoms with Gasteiger partial charge in [-0.25, -0.2) is 0 Å². The van der Waals surface area contributed by atoms with Gasteiger partial charge in [-0.05, 0) is 61.9 Å². The molecule has 11 heteroatoms. The van der Waals surface area contributed by atoms with Crippen LogP contribution in [0.5, 0.6) is 40.2 Å². The summed E-state index contributed by atoms with van der Waals surface area (Å²) < 4.78 is 29.1. The Morgan fingerprint density at radius 2 is 1.39 bits per heavy atom. The molecule has 0 saturated carbocycles. The Kier molecular flexibility index (Phi) is 15.0. The van der Waals surface area contributed by atoms with E-state index >= 15 is 0 Å². The van der Waals surface area contributed by atoms with E-state index in [0.29, 0.717) is 23.3 Å². The summed E-state index contributed by atoms with van der Waals surface area (Å²) >= 11 is 0. The van der Waals surface area contributed by atoms with Crippen LogP contribution in [0.25, 0.3) is 0 Å². The summed E-state index contributed by atoms with van der Waals surface area (Å²) in [7, 11) is 1.42.